The molecule has 2 heterocycles. The summed E-state index contributed by atoms with van der Waals surface area (Å²) in [5.41, 5.74) is 1.15. The summed E-state index contributed by atoms with van der Waals surface area (Å²) in [6.45, 7) is 0.966. The molecule has 1 aliphatic rings. The number of carbonyl (C=O) groups excluding carboxylic acids is 1. The van der Waals surface area contributed by atoms with E-state index in [2.05, 4.69) is 15.5 Å². The molecule has 9 heteroatoms. The summed E-state index contributed by atoms with van der Waals surface area (Å²) in [5.74, 6) is 0.940. The highest BCUT2D eigenvalue weighted by Gasteiger charge is 2.17. The first-order chi connectivity index (χ1) is 12.7. The predicted molar refractivity (Wildman–Crippen MR) is 91.6 cm³/mol. The van der Waals surface area contributed by atoms with Crippen LogP contribution in [0.1, 0.15) is 10.4 Å². The minimum absolute atomic E-state index is 0.0828. The van der Waals surface area contributed by atoms with E-state index >= 15 is 0 Å². The topological polar surface area (TPSA) is 79.1 Å². The van der Waals surface area contributed by atoms with Crippen LogP contribution in [0.4, 0.5) is 4.39 Å². The molecule has 0 N–H and O–H groups in total. The molecule has 0 saturated carbocycles. The van der Waals surface area contributed by atoms with Crippen LogP contribution in [0.25, 0.3) is 5.69 Å². The predicted octanol–water partition coefficient (Wildman–Crippen LogP) is 2.55. The Kier molecular flexibility index (Phi) is 4.53. The molecule has 0 aliphatic carbocycles. The first-order valence-corrected chi connectivity index (χ1v) is 8.79. The van der Waals surface area contributed by atoms with Crippen LogP contribution in [0.15, 0.2) is 47.6 Å². The lowest BCUT2D eigenvalue weighted by atomic mass is 10.1. The molecule has 0 fully saturated rings. The van der Waals surface area contributed by atoms with Crippen LogP contribution >= 0.6 is 11.8 Å². The Labute approximate surface area is 152 Å². The minimum Gasteiger partial charge on any atom is -0.486 e. The number of tetrazole rings is 1. The summed E-state index contributed by atoms with van der Waals surface area (Å²) in [5, 5.41) is 11.9. The summed E-state index contributed by atoms with van der Waals surface area (Å²) in [7, 11) is 0. The number of Topliss-reactive ketones (excluding diaryl/α,β-unsaturated/α-hetero) is 1. The highest BCUT2D eigenvalue weighted by Crippen LogP contribution is 2.31. The molecule has 0 saturated heterocycles. The Morgan fingerprint density at radius 1 is 1.12 bits per heavy atom. The smallest absolute Gasteiger partial charge is 0.214 e. The lowest BCUT2D eigenvalue weighted by Crippen LogP contribution is -2.16. The Morgan fingerprint density at radius 3 is 2.69 bits per heavy atom. The number of fused-ring (bicyclic) bond motifs is 1. The van der Waals surface area contributed by atoms with Gasteiger partial charge in [-0.1, -0.05) is 11.8 Å². The molecule has 0 spiro atoms. The number of rotatable bonds is 5. The van der Waals surface area contributed by atoms with Gasteiger partial charge in [-0.2, -0.15) is 4.68 Å². The van der Waals surface area contributed by atoms with Gasteiger partial charge in [-0.05, 0) is 52.9 Å². The largest absolute Gasteiger partial charge is 0.486 e. The quantitative estimate of drug-likeness (QED) is 0.503. The van der Waals surface area contributed by atoms with Gasteiger partial charge in [0.2, 0.25) is 5.16 Å². The van der Waals surface area contributed by atoms with E-state index in [0.717, 1.165) is 0 Å². The van der Waals surface area contributed by atoms with Crippen molar-refractivity contribution in [3.8, 4) is 17.2 Å². The number of thioether (sulfide) groups is 1. The molecule has 0 atom stereocenters. The fourth-order valence-electron chi connectivity index (χ4n) is 2.44. The number of hydrogen-bond donors (Lipinski definition) is 0. The second kappa shape index (κ2) is 7.12. The summed E-state index contributed by atoms with van der Waals surface area (Å²) < 4.78 is 25.5. The van der Waals surface area contributed by atoms with Gasteiger partial charge < -0.3 is 9.47 Å². The van der Waals surface area contributed by atoms with Gasteiger partial charge in [0.05, 0.1) is 11.4 Å². The average Bonchev–Trinajstić information content (AvgIpc) is 3.15. The molecule has 26 heavy (non-hydrogen) atoms. The van der Waals surface area contributed by atoms with Crippen LogP contribution in [0, 0.1) is 5.82 Å². The molecular formula is C17H13FN4O3S. The van der Waals surface area contributed by atoms with Gasteiger partial charge in [-0.25, -0.2) is 4.39 Å². The minimum atomic E-state index is -0.343. The molecule has 3 aromatic rings. The van der Waals surface area contributed by atoms with Gasteiger partial charge in [0.1, 0.15) is 19.0 Å². The van der Waals surface area contributed by atoms with Crippen LogP contribution in [-0.4, -0.2) is 45.0 Å². The molecule has 0 radical (unpaired) electrons. The van der Waals surface area contributed by atoms with Crippen LogP contribution in [-0.2, 0) is 0 Å². The Bertz CT molecular complexity index is 945. The maximum absolute atomic E-state index is 13.1. The third-order valence-corrected chi connectivity index (χ3v) is 4.63. The van der Waals surface area contributed by atoms with Gasteiger partial charge in [-0.3, -0.25) is 4.79 Å². The number of nitrogens with zero attached hydrogens (tertiary/aromatic N) is 4. The molecule has 2 aromatic carbocycles. The third-order valence-electron chi connectivity index (χ3n) is 3.71. The zero-order valence-electron chi connectivity index (χ0n) is 13.5. The number of halogens is 1. The van der Waals surface area contributed by atoms with E-state index in [1.54, 1.807) is 30.3 Å². The SMILES string of the molecule is O=C(CSc1nnnn1-c1ccc(F)cc1)c1ccc2c(c1)OCCO2. The fourth-order valence-corrected chi connectivity index (χ4v) is 3.23. The highest BCUT2D eigenvalue weighted by atomic mass is 32.2. The molecule has 1 aromatic heterocycles. The van der Waals surface area contributed by atoms with Crippen LogP contribution < -0.4 is 9.47 Å². The van der Waals surface area contributed by atoms with E-state index in [0.29, 0.717) is 41.1 Å². The summed E-state index contributed by atoms with van der Waals surface area (Å²) in [6, 6.07) is 10.9. The van der Waals surface area contributed by atoms with Crippen molar-refractivity contribution in [2.75, 3.05) is 19.0 Å². The van der Waals surface area contributed by atoms with Crippen molar-refractivity contribution in [3.05, 3.63) is 53.8 Å². The number of carbonyl (C=O) groups is 1. The van der Waals surface area contributed by atoms with E-state index in [9.17, 15) is 9.18 Å². The van der Waals surface area contributed by atoms with Crippen molar-refractivity contribution >= 4 is 17.5 Å². The molecule has 7 nitrogen and oxygen atoms in total. The van der Waals surface area contributed by atoms with Crippen molar-refractivity contribution < 1.29 is 18.7 Å². The Balaban J connectivity index is 1.47. The molecule has 0 unspecified atom stereocenters. The number of ketones is 1. The van der Waals surface area contributed by atoms with Gasteiger partial charge >= 0.3 is 0 Å². The molecular weight excluding hydrogens is 359 g/mol. The van der Waals surface area contributed by atoms with Gasteiger partial charge in [-0.15, -0.1) is 5.10 Å². The lowest BCUT2D eigenvalue weighted by Gasteiger charge is -2.18. The van der Waals surface area contributed by atoms with Crippen molar-refractivity contribution in [1.29, 1.82) is 0 Å². The van der Waals surface area contributed by atoms with E-state index in [1.807, 2.05) is 0 Å². The number of aromatic nitrogens is 4. The zero-order chi connectivity index (χ0) is 17.9. The van der Waals surface area contributed by atoms with E-state index < -0.39 is 0 Å². The van der Waals surface area contributed by atoms with Gasteiger partial charge in [0, 0.05) is 5.56 Å². The van der Waals surface area contributed by atoms with Crippen LogP contribution in [0.5, 0.6) is 11.5 Å². The summed E-state index contributed by atoms with van der Waals surface area (Å²) >= 11 is 1.20. The third kappa shape index (κ3) is 3.38. The fraction of sp³-hybridized carbons (Fsp3) is 0.176. The van der Waals surface area contributed by atoms with Crippen molar-refractivity contribution in [2.45, 2.75) is 5.16 Å². The Morgan fingerprint density at radius 2 is 1.88 bits per heavy atom. The molecule has 0 bridgehead atoms. The first kappa shape index (κ1) is 16.5. The van der Waals surface area contributed by atoms with Crippen molar-refractivity contribution in [2.24, 2.45) is 0 Å². The van der Waals surface area contributed by atoms with Gasteiger partial charge in [0.25, 0.3) is 0 Å². The molecule has 0 amide bonds. The number of ether oxygens (including phenoxy) is 2. The van der Waals surface area contributed by atoms with Crippen LogP contribution in [0.3, 0.4) is 0 Å². The Hall–Kier alpha value is -2.94. The number of benzene rings is 2. The summed E-state index contributed by atoms with van der Waals surface area (Å²) in [6.07, 6.45) is 0. The van der Waals surface area contributed by atoms with E-state index in [1.165, 1.54) is 28.6 Å². The van der Waals surface area contributed by atoms with Gasteiger partial charge in [0.15, 0.2) is 17.3 Å². The lowest BCUT2D eigenvalue weighted by molar-refractivity contribution is 0.102. The maximum Gasteiger partial charge on any atom is 0.214 e. The van der Waals surface area contributed by atoms with Crippen molar-refractivity contribution in [3.63, 3.8) is 0 Å². The van der Waals surface area contributed by atoms with Crippen molar-refractivity contribution in [1.82, 2.24) is 20.2 Å². The average molecular weight is 372 g/mol. The standard InChI is InChI=1S/C17H13FN4O3S/c18-12-2-4-13(5-3-12)22-17(19-20-21-22)26-10-14(23)11-1-6-15-16(9-11)25-8-7-24-15/h1-6,9H,7-8,10H2. The zero-order valence-corrected chi connectivity index (χ0v) is 14.3. The second-order valence-corrected chi connectivity index (χ2v) is 6.36. The first-order valence-electron chi connectivity index (χ1n) is 7.81. The molecule has 1 aliphatic heterocycles. The monoisotopic (exact) mass is 372 g/mol. The van der Waals surface area contributed by atoms with Crippen LogP contribution in [0.2, 0.25) is 0 Å². The normalized spacial score (nSPS) is 12.8. The maximum atomic E-state index is 13.1. The molecule has 4 rings (SSSR count). The molecule has 132 valence electrons. The highest BCUT2D eigenvalue weighted by molar-refractivity contribution is 7.99. The van der Waals surface area contributed by atoms with E-state index in [4.69, 9.17) is 9.47 Å². The number of hydrogen-bond acceptors (Lipinski definition) is 7. The summed E-state index contributed by atoms with van der Waals surface area (Å²) in [4.78, 5) is 12.5. The van der Waals surface area contributed by atoms with E-state index in [-0.39, 0.29) is 17.4 Å². The second-order valence-electron chi connectivity index (χ2n) is 5.42.